The van der Waals surface area contributed by atoms with E-state index in [9.17, 15) is 13.2 Å². The maximum Gasteiger partial charge on any atom is 0.433 e. The standard InChI is InChI=1S/C7H6BrF3N2/c1-4(2-8)5-3-12-13-6(5)7(9,10)11/h3H,1-2H2,(H,12,13). The van der Waals surface area contributed by atoms with Gasteiger partial charge in [0.05, 0.1) is 6.20 Å². The van der Waals surface area contributed by atoms with Gasteiger partial charge >= 0.3 is 6.18 Å². The smallest absolute Gasteiger partial charge is 0.273 e. The Morgan fingerprint density at radius 3 is 2.69 bits per heavy atom. The fourth-order valence-electron chi connectivity index (χ4n) is 0.842. The number of alkyl halides is 4. The monoisotopic (exact) mass is 254 g/mol. The third kappa shape index (κ3) is 2.12. The molecular weight excluding hydrogens is 249 g/mol. The van der Waals surface area contributed by atoms with Crippen LogP contribution < -0.4 is 0 Å². The number of allylic oxidation sites excluding steroid dienone is 1. The quantitative estimate of drug-likeness (QED) is 0.808. The second-order valence-electron chi connectivity index (χ2n) is 2.39. The van der Waals surface area contributed by atoms with E-state index < -0.39 is 11.9 Å². The van der Waals surface area contributed by atoms with Gasteiger partial charge < -0.3 is 0 Å². The van der Waals surface area contributed by atoms with Crippen LogP contribution in [0.1, 0.15) is 11.3 Å². The summed E-state index contributed by atoms with van der Waals surface area (Å²) in [6, 6.07) is 0. The van der Waals surface area contributed by atoms with Gasteiger partial charge in [-0.1, -0.05) is 22.5 Å². The lowest BCUT2D eigenvalue weighted by Crippen LogP contribution is -2.08. The zero-order valence-electron chi connectivity index (χ0n) is 6.45. The minimum atomic E-state index is -4.41. The largest absolute Gasteiger partial charge is 0.433 e. The van der Waals surface area contributed by atoms with Crippen molar-refractivity contribution in [3.8, 4) is 0 Å². The molecule has 0 fully saturated rings. The van der Waals surface area contributed by atoms with Gasteiger partial charge in [0, 0.05) is 10.9 Å². The van der Waals surface area contributed by atoms with Crippen molar-refractivity contribution in [1.82, 2.24) is 10.2 Å². The molecule has 0 aromatic carbocycles. The van der Waals surface area contributed by atoms with E-state index in [1.54, 1.807) is 0 Å². The minimum Gasteiger partial charge on any atom is -0.273 e. The van der Waals surface area contributed by atoms with Crippen LogP contribution in [-0.4, -0.2) is 15.5 Å². The van der Waals surface area contributed by atoms with Gasteiger partial charge in [0.1, 0.15) is 5.69 Å². The molecule has 0 aliphatic heterocycles. The van der Waals surface area contributed by atoms with Gasteiger partial charge in [-0.2, -0.15) is 18.3 Å². The lowest BCUT2D eigenvalue weighted by atomic mass is 10.1. The maximum atomic E-state index is 12.3. The third-order valence-electron chi connectivity index (χ3n) is 1.47. The summed E-state index contributed by atoms with van der Waals surface area (Å²) in [4.78, 5) is 0. The lowest BCUT2D eigenvalue weighted by molar-refractivity contribution is -0.141. The summed E-state index contributed by atoms with van der Waals surface area (Å²) in [6.07, 6.45) is -3.29. The number of aromatic amines is 1. The van der Waals surface area contributed by atoms with Gasteiger partial charge in [0.25, 0.3) is 0 Å². The Hall–Kier alpha value is -0.780. The van der Waals surface area contributed by atoms with E-state index in [0.717, 1.165) is 6.20 Å². The molecule has 0 radical (unpaired) electrons. The fraction of sp³-hybridized carbons (Fsp3) is 0.286. The number of nitrogens with zero attached hydrogens (tertiary/aromatic N) is 1. The summed E-state index contributed by atoms with van der Waals surface area (Å²) in [5, 5.41) is 5.52. The number of aromatic nitrogens is 2. The highest BCUT2D eigenvalue weighted by molar-refractivity contribution is 9.09. The molecule has 6 heteroatoms. The first-order valence-electron chi connectivity index (χ1n) is 3.31. The third-order valence-corrected chi connectivity index (χ3v) is 2.14. The number of hydrogen-bond donors (Lipinski definition) is 1. The van der Waals surface area contributed by atoms with Crippen molar-refractivity contribution in [3.05, 3.63) is 24.0 Å². The molecule has 1 heterocycles. The van der Waals surface area contributed by atoms with E-state index in [0.29, 0.717) is 5.57 Å². The van der Waals surface area contributed by atoms with Crippen LogP contribution in [0.15, 0.2) is 12.8 Å². The van der Waals surface area contributed by atoms with Gasteiger partial charge in [-0.3, -0.25) is 5.10 Å². The van der Waals surface area contributed by atoms with Crippen molar-refractivity contribution in [1.29, 1.82) is 0 Å². The molecule has 0 unspecified atom stereocenters. The molecule has 0 saturated carbocycles. The van der Waals surface area contributed by atoms with Gasteiger partial charge in [0.15, 0.2) is 0 Å². The molecule has 1 aromatic heterocycles. The topological polar surface area (TPSA) is 28.7 Å². The first kappa shape index (κ1) is 10.3. The predicted molar refractivity (Wildman–Crippen MR) is 46.4 cm³/mol. The van der Waals surface area contributed by atoms with Crippen LogP contribution in [0.3, 0.4) is 0 Å². The molecule has 1 aromatic rings. The van der Waals surface area contributed by atoms with Crippen molar-refractivity contribution in [2.75, 3.05) is 5.33 Å². The maximum absolute atomic E-state index is 12.3. The zero-order valence-corrected chi connectivity index (χ0v) is 8.04. The Kier molecular flexibility index (Phi) is 2.80. The molecule has 13 heavy (non-hydrogen) atoms. The van der Waals surface area contributed by atoms with E-state index in [-0.39, 0.29) is 10.9 Å². The first-order chi connectivity index (χ1) is 5.96. The van der Waals surface area contributed by atoms with E-state index >= 15 is 0 Å². The Balaban J connectivity index is 3.10. The van der Waals surface area contributed by atoms with E-state index in [2.05, 4.69) is 27.6 Å². The van der Waals surface area contributed by atoms with Crippen molar-refractivity contribution < 1.29 is 13.2 Å². The SMILES string of the molecule is C=C(CBr)c1cn[nH]c1C(F)(F)F. The molecule has 2 nitrogen and oxygen atoms in total. The zero-order chi connectivity index (χ0) is 10.1. The second kappa shape index (κ2) is 3.53. The molecule has 0 bridgehead atoms. The normalized spacial score (nSPS) is 11.7. The van der Waals surface area contributed by atoms with Gasteiger partial charge in [0.2, 0.25) is 0 Å². The Bertz CT molecular complexity index is 316. The fourth-order valence-corrected chi connectivity index (χ4v) is 1.14. The number of nitrogens with one attached hydrogen (secondary N) is 1. The van der Waals surface area contributed by atoms with E-state index in [1.807, 2.05) is 5.10 Å². The lowest BCUT2D eigenvalue weighted by Gasteiger charge is -2.06. The number of H-pyrrole nitrogens is 1. The molecule has 1 rings (SSSR count). The average molecular weight is 255 g/mol. The first-order valence-corrected chi connectivity index (χ1v) is 4.43. The minimum absolute atomic E-state index is 0.00405. The number of rotatable bonds is 2. The van der Waals surface area contributed by atoms with Crippen LogP contribution in [0.5, 0.6) is 0 Å². The second-order valence-corrected chi connectivity index (χ2v) is 2.95. The Morgan fingerprint density at radius 1 is 1.62 bits per heavy atom. The molecule has 0 spiro atoms. The Morgan fingerprint density at radius 2 is 2.23 bits per heavy atom. The molecule has 0 aliphatic rings. The van der Waals surface area contributed by atoms with Crippen LogP contribution in [0, 0.1) is 0 Å². The highest BCUT2D eigenvalue weighted by Crippen LogP contribution is 2.32. The molecule has 0 amide bonds. The van der Waals surface area contributed by atoms with Gasteiger partial charge in [-0.05, 0) is 5.57 Å². The highest BCUT2D eigenvalue weighted by Gasteiger charge is 2.35. The summed E-state index contributed by atoms with van der Waals surface area (Å²) in [5.41, 5.74) is -0.498. The van der Waals surface area contributed by atoms with Gasteiger partial charge in [-0.15, -0.1) is 0 Å². The van der Waals surface area contributed by atoms with Crippen molar-refractivity contribution >= 4 is 21.5 Å². The summed E-state index contributed by atoms with van der Waals surface area (Å²) in [5.74, 6) is 0. The van der Waals surface area contributed by atoms with Gasteiger partial charge in [-0.25, -0.2) is 0 Å². The summed E-state index contributed by atoms with van der Waals surface area (Å²) in [6.45, 7) is 3.48. The van der Waals surface area contributed by atoms with Crippen LogP contribution in [0.2, 0.25) is 0 Å². The number of halogens is 4. The molecule has 0 aliphatic carbocycles. The molecule has 0 atom stereocenters. The highest BCUT2D eigenvalue weighted by atomic mass is 79.9. The molecule has 0 saturated heterocycles. The van der Waals surface area contributed by atoms with Crippen LogP contribution >= 0.6 is 15.9 Å². The van der Waals surface area contributed by atoms with Crippen molar-refractivity contribution in [2.45, 2.75) is 6.18 Å². The van der Waals surface area contributed by atoms with E-state index in [4.69, 9.17) is 0 Å². The summed E-state index contributed by atoms with van der Waals surface area (Å²) >= 11 is 3.03. The van der Waals surface area contributed by atoms with Crippen LogP contribution in [-0.2, 0) is 6.18 Å². The van der Waals surface area contributed by atoms with Crippen LogP contribution in [0.4, 0.5) is 13.2 Å². The van der Waals surface area contributed by atoms with E-state index in [1.165, 1.54) is 0 Å². The summed E-state index contributed by atoms with van der Waals surface area (Å²) in [7, 11) is 0. The van der Waals surface area contributed by atoms with Crippen molar-refractivity contribution in [2.24, 2.45) is 0 Å². The molecule has 72 valence electrons. The number of hydrogen-bond acceptors (Lipinski definition) is 1. The Labute approximate surface area is 81.0 Å². The van der Waals surface area contributed by atoms with Crippen LogP contribution in [0.25, 0.3) is 5.57 Å². The molecule has 1 N–H and O–H groups in total. The predicted octanol–water partition coefficient (Wildman–Crippen LogP) is 2.84. The van der Waals surface area contributed by atoms with Crippen molar-refractivity contribution in [3.63, 3.8) is 0 Å². The average Bonchev–Trinajstić information content (AvgIpc) is 2.49. The molecular formula is C7H6BrF3N2. The summed E-state index contributed by atoms with van der Waals surface area (Å²) < 4.78 is 36.8.